The molecule has 1 aromatic rings. The normalized spacial score (nSPS) is 24.8. The Bertz CT molecular complexity index is 388. The fraction of sp³-hybridized carbons (Fsp3) is 0.667. The van der Waals surface area contributed by atoms with E-state index in [9.17, 15) is 4.79 Å². The zero-order valence-corrected chi connectivity index (χ0v) is 9.89. The number of ether oxygens (including phenoxy) is 1. The second-order valence-corrected chi connectivity index (χ2v) is 4.59. The quantitative estimate of drug-likeness (QED) is 0.873. The Balaban J connectivity index is 1.86. The van der Waals surface area contributed by atoms with Crippen LogP contribution in [-0.4, -0.2) is 22.3 Å². The number of aromatic nitrogens is 1. The first-order valence-corrected chi connectivity index (χ1v) is 5.97. The molecule has 2 unspecified atom stereocenters. The van der Waals surface area contributed by atoms with E-state index in [4.69, 9.17) is 14.4 Å². The zero-order valence-electron chi connectivity index (χ0n) is 9.89. The van der Waals surface area contributed by atoms with Crippen molar-refractivity contribution in [1.82, 2.24) is 5.16 Å². The standard InChI is InChI=1S/C12H17NO4/c1-8-4-2-3-5-11(8)16-7-9-6-10(12(14)15)13-17-9/h6,8,11H,2-5,7H2,1H3,(H,14,15). The van der Waals surface area contributed by atoms with Crippen LogP contribution >= 0.6 is 0 Å². The summed E-state index contributed by atoms with van der Waals surface area (Å²) >= 11 is 0. The van der Waals surface area contributed by atoms with Gasteiger partial charge < -0.3 is 14.4 Å². The lowest BCUT2D eigenvalue weighted by molar-refractivity contribution is -0.0235. The van der Waals surface area contributed by atoms with Gasteiger partial charge in [0.1, 0.15) is 6.61 Å². The molecule has 5 nitrogen and oxygen atoms in total. The van der Waals surface area contributed by atoms with Gasteiger partial charge in [0.2, 0.25) is 0 Å². The van der Waals surface area contributed by atoms with Crippen LogP contribution in [0, 0.1) is 5.92 Å². The summed E-state index contributed by atoms with van der Waals surface area (Å²) in [5.41, 5.74) is -0.0692. The molecule has 0 saturated heterocycles. The highest BCUT2D eigenvalue weighted by atomic mass is 16.5. The molecular formula is C12H17NO4. The maximum absolute atomic E-state index is 10.6. The minimum absolute atomic E-state index is 0.0692. The number of carboxylic acids is 1. The average molecular weight is 239 g/mol. The summed E-state index contributed by atoms with van der Waals surface area (Å²) in [6.07, 6.45) is 4.99. The number of carbonyl (C=O) groups is 1. The molecule has 1 aliphatic rings. The van der Waals surface area contributed by atoms with Gasteiger partial charge in [-0.1, -0.05) is 24.9 Å². The second kappa shape index (κ2) is 5.31. The maximum Gasteiger partial charge on any atom is 0.358 e. The third kappa shape index (κ3) is 3.06. The first-order chi connectivity index (χ1) is 8.16. The van der Waals surface area contributed by atoms with Crippen LogP contribution in [0.1, 0.15) is 48.9 Å². The van der Waals surface area contributed by atoms with Crippen molar-refractivity contribution in [1.29, 1.82) is 0 Å². The molecule has 2 atom stereocenters. The lowest BCUT2D eigenvalue weighted by Crippen LogP contribution is -2.25. The molecule has 1 aromatic heterocycles. The van der Waals surface area contributed by atoms with Crippen molar-refractivity contribution in [3.8, 4) is 0 Å². The molecule has 0 aliphatic heterocycles. The van der Waals surface area contributed by atoms with E-state index >= 15 is 0 Å². The van der Waals surface area contributed by atoms with E-state index in [1.165, 1.54) is 25.3 Å². The van der Waals surface area contributed by atoms with E-state index in [1.54, 1.807) is 0 Å². The van der Waals surface area contributed by atoms with Gasteiger partial charge in [-0.2, -0.15) is 0 Å². The van der Waals surface area contributed by atoms with Crippen LogP contribution in [0.3, 0.4) is 0 Å². The highest BCUT2D eigenvalue weighted by molar-refractivity contribution is 5.85. The molecule has 94 valence electrons. The van der Waals surface area contributed by atoms with E-state index in [0.717, 1.165) is 6.42 Å². The van der Waals surface area contributed by atoms with Crippen molar-refractivity contribution < 1.29 is 19.2 Å². The van der Waals surface area contributed by atoms with Crippen LogP contribution < -0.4 is 0 Å². The summed E-state index contributed by atoms with van der Waals surface area (Å²) in [4.78, 5) is 10.6. The summed E-state index contributed by atoms with van der Waals surface area (Å²) < 4.78 is 10.6. The van der Waals surface area contributed by atoms with Crippen molar-refractivity contribution in [2.45, 2.75) is 45.3 Å². The zero-order chi connectivity index (χ0) is 12.3. The molecule has 0 bridgehead atoms. The Labute approximate surface area is 99.7 Å². The number of nitrogens with zero attached hydrogens (tertiary/aromatic N) is 1. The minimum Gasteiger partial charge on any atom is -0.476 e. The Morgan fingerprint density at radius 1 is 1.59 bits per heavy atom. The van der Waals surface area contributed by atoms with Crippen LogP contribution in [0.4, 0.5) is 0 Å². The molecule has 1 fully saturated rings. The molecule has 0 amide bonds. The van der Waals surface area contributed by atoms with Gasteiger partial charge in [0.15, 0.2) is 11.5 Å². The molecule has 5 heteroatoms. The first-order valence-electron chi connectivity index (χ1n) is 5.97. The number of carboxylic acid groups (broad SMARTS) is 1. The summed E-state index contributed by atoms with van der Waals surface area (Å²) in [5.74, 6) is -0.0446. The van der Waals surface area contributed by atoms with Crippen molar-refractivity contribution in [2.24, 2.45) is 5.92 Å². The van der Waals surface area contributed by atoms with Gasteiger partial charge in [0.05, 0.1) is 6.10 Å². The van der Waals surface area contributed by atoms with E-state index in [1.807, 2.05) is 0 Å². The monoisotopic (exact) mass is 239 g/mol. The van der Waals surface area contributed by atoms with Crippen molar-refractivity contribution in [3.05, 3.63) is 17.5 Å². The smallest absolute Gasteiger partial charge is 0.358 e. The van der Waals surface area contributed by atoms with Gasteiger partial charge >= 0.3 is 5.97 Å². The SMILES string of the molecule is CC1CCCCC1OCc1cc(C(=O)O)no1. The van der Waals surface area contributed by atoms with Gasteiger partial charge in [0.25, 0.3) is 0 Å². The van der Waals surface area contributed by atoms with Gasteiger partial charge in [-0.05, 0) is 18.8 Å². The third-order valence-electron chi connectivity index (χ3n) is 3.25. The molecule has 0 radical (unpaired) electrons. The van der Waals surface area contributed by atoms with Gasteiger partial charge in [-0.3, -0.25) is 0 Å². The fourth-order valence-corrected chi connectivity index (χ4v) is 2.20. The van der Waals surface area contributed by atoms with E-state index in [0.29, 0.717) is 18.3 Å². The Morgan fingerprint density at radius 2 is 2.35 bits per heavy atom. The molecular weight excluding hydrogens is 222 g/mol. The van der Waals surface area contributed by atoms with Gasteiger partial charge in [-0.15, -0.1) is 0 Å². The van der Waals surface area contributed by atoms with Crippen LogP contribution in [0.5, 0.6) is 0 Å². The lowest BCUT2D eigenvalue weighted by Gasteiger charge is -2.28. The topological polar surface area (TPSA) is 72.6 Å². The molecule has 0 aromatic carbocycles. The summed E-state index contributed by atoms with van der Waals surface area (Å²) in [7, 11) is 0. The molecule has 1 heterocycles. The van der Waals surface area contributed by atoms with Crippen molar-refractivity contribution in [2.75, 3.05) is 0 Å². The van der Waals surface area contributed by atoms with Crippen LogP contribution in [0.2, 0.25) is 0 Å². The predicted octanol–water partition coefficient (Wildman–Crippen LogP) is 2.47. The highest BCUT2D eigenvalue weighted by Gasteiger charge is 2.22. The predicted molar refractivity (Wildman–Crippen MR) is 59.7 cm³/mol. The Kier molecular flexibility index (Phi) is 3.78. The number of hydrogen-bond acceptors (Lipinski definition) is 4. The first kappa shape index (κ1) is 12.1. The lowest BCUT2D eigenvalue weighted by atomic mass is 9.88. The largest absolute Gasteiger partial charge is 0.476 e. The van der Waals surface area contributed by atoms with Gasteiger partial charge in [0, 0.05) is 6.07 Å². The second-order valence-electron chi connectivity index (χ2n) is 4.59. The van der Waals surface area contributed by atoms with E-state index in [2.05, 4.69) is 12.1 Å². The number of rotatable bonds is 4. The van der Waals surface area contributed by atoms with Crippen molar-refractivity contribution >= 4 is 5.97 Å². The summed E-state index contributed by atoms with van der Waals surface area (Å²) in [6.45, 7) is 2.49. The van der Waals surface area contributed by atoms with Crippen molar-refractivity contribution in [3.63, 3.8) is 0 Å². The third-order valence-corrected chi connectivity index (χ3v) is 3.25. The van der Waals surface area contributed by atoms with Crippen LogP contribution in [0.25, 0.3) is 0 Å². The number of aromatic carboxylic acids is 1. The molecule has 1 saturated carbocycles. The Morgan fingerprint density at radius 3 is 3.00 bits per heavy atom. The number of hydrogen-bond donors (Lipinski definition) is 1. The molecule has 0 spiro atoms. The van der Waals surface area contributed by atoms with Crippen LogP contribution in [0.15, 0.2) is 10.6 Å². The maximum atomic E-state index is 10.6. The van der Waals surface area contributed by atoms with Gasteiger partial charge in [-0.25, -0.2) is 4.79 Å². The average Bonchev–Trinajstić information content (AvgIpc) is 2.77. The molecule has 17 heavy (non-hydrogen) atoms. The molecule has 1 N–H and O–H groups in total. The van der Waals surface area contributed by atoms with E-state index < -0.39 is 5.97 Å². The molecule has 2 rings (SSSR count). The molecule has 1 aliphatic carbocycles. The summed E-state index contributed by atoms with van der Waals surface area (Å²) in [5, 5.41) is 12.1. The highest BCUT2D eigenvalue weighted by Crippen LogP contribution is 2.27. The fourth-order valence-electron chi connectivity index (χ4n) is 2.20. The minimum atomic E-state index is -1.08. The summed E-state index contributed by atoms with van der Waals surface area (Å²) in [6, 6.07) is 1.41. The van der Waals surface area contributed by atoms with Crippen LogP contribution in [-0.2, 0) is 11.3 Å². The Hall–Kier alpha value is -1.36. The van der Waals surface area contributed by atoms with E-state index in [-0.39, 0.29) is 11.8 Å².